The first kappa shape index (κ1) is 19.3. The average Bonchev–Trinajstić information content (AvgIpc) is 3.49. The standard InChI is InChI=1S/C24H20N8O/c1-31-24-20(21(30-31)16-11-27-13-28-12-16)19(18(10-25)22(26)33-24)14-4-6-17(7-5-14)32-9-8-29-23(32)15-2-3-15/h4-9,11-13,15,19H,2-3,26H2,1H3. The van der Waals surface area contributed by atoms with E-state index < -0.39 is 5.92 Å². The van der Waals surface area contributed by atoms with Crippen LogP contribution in [0.3, 0.4) is 0 Å². The van der Waals surface area contributed by atoms with Crippen molar-refractivity contribution in [1.82, 2.24) is 29.3 Å². The van der Waals surface area contributed by atoms with E-state index in [0.717, 1.165) is 28.2 Å². The summed E-state index contributed by atoms with van der Waals surface area (Å²) in [7, 11) is 1.79. The Kier molecular flexibility index (Phi) is 4.26. The van der Waals surface area contributed by atoms with Crippen molar-refractivity contribution in [2.24, 2.45) is 12.8 Å². The number of imidazole rings is 1. The maximum Gasteiger partial charge on any atom is 0.224 e. The highest BCUT2D eigenvalue weighted by molar-refractivity contribution is 5.70. The van der Waals surface area contributed by atoms with E-state index >= 15 is 0 Å². The van der Waals surface area contributed by atoms with Crippen LogP contribution in [0.15, 0.2) is 66.8 Å². The summed E-state index contributed by atoms with van der Waals surface area (Å²) in [6.07, 6.45) is 11.1. The summed E-state index contributed by atoms with van der Waals surface area (Å²) in [6, 6.07) is 10.4. The lowest BCUT2D eigenvalue weighted by Gasteiger charge is -2.25. The van der Waals surface area contributed by atoms with E-state index in [2.05, 4.69) is 30.7 Å². The van der Waals surface area contributed by atoms with Crippen LogP contribution < -0.4 is 10.5 Å². The van der Waals surface area contributed by atoms with Crippen molar-refractivity contribution in [2.45, 2.75) is 24.7 Å². The number of aromatic nitrogens is 6. The van der Waals surface area contributed by atoms with Crippen LogP contribution in [0.1, 0.15) is 41.6 Å². The number of rotatable bonds is 4. The Bertz CT molecular complexity index is 1420. The van der Waals surface area contributed by atoms with Gasteiger partial charge >= 0.3 is 0 Å². The first-order valence-corrected chi connectivity index (χ1v) is 10.7. The predicted molar refractivity (Wildman–Crippen MR) is 119 cm³/mol. The van der Waals surface area contributed by atoms with Crippen molar-refractivity contribution in [2.75, 3.05) is 0 Å². The van der Waals surface area contributed by atoms with E-state index in [9.17, 15) is 5.26 Å². The summed E-state index contributed by atoms with van der Waals surface area (Å²) >= 11 is 0. The van der Waals surface area contributed by atoms with E-state index in [0.29, 0.717) is 23.1 Å². The van der Waals surface area contributed by atoms with Crippen LogP contribution in [0.5, 0.6) is 5.88 Å². The fourth-order valence-electron chi connectivity index (χ4n) is 4.44. The van der Waals surface area contributed by atoms with Gasteiger partial charge in [0.2, 0.25) is 11.8 Å². The van der Waals surface area contributed by atoms with Gasteiger partial charge in [0, 0.05) is 49.0 Å². The van der Waals surface area contributed by atoms with Crippen molar-refractivity contribution < 1.29 is 4.74 Å². The second-order valence-corrected chi connectivity index (χ2v) is 8.26. The molecule has 1 atom stereocenters. The minimum absolute atomic E-state index is 0.0866. The van der Waals surface area contributed by atoms with Crippen molar-refractivity contribution >= 4 is 0 Å². The molecule has 0 amide bonds. The van der Waals surface area contributed by atoms with E-state index in [1.54, 1.807) is 24.1 Å². The molecule has 9 heteroatoms. The number of nitriles is 1. The smallest absolute Gasteiger partial charge is 0.224 e. The van der Waals surface area contributed by atoms with Gasteiger partial charge in [0.15, 0.2) is 0 Å². The van der Waals surface area contributed by atoms with Crippen LogP contribution in [0.25, 0.3) is 16.9 Å². The van der Waals surface area contributed by atoms with Crippen LogP contribution >= 0.6 is 0 Å². The first-order valence-electron chi connectivity index (χ1n) is 10.7. The highest BCUT2D eigenvalue weighted by Gasteiger charge is 2.37. The van der Waals surface area contributed by atoms with Crippen LogP contribution in [0.4, 0.5) is 0 Å². The topological polar surface area (TPSA) is 120 Å². The summed E-state index contributed by atoms with van der Waals surface area (Å²) < 4.78 is 9.59. The molecule has 1 fully saturated rings. The lowest BCUT2D eigenvalue weighted by atomic mass is 9.83. The molecular formula is C24H20N8O. The number of nitrogens with two attached hydrogens (primary N) is 1. The largest absolute Gasteiger partial charge is 0.422 e. The maximum atomic E-state index is 9.96. The minimum Gasteiger partial charge on any atom is -0.422 e. The summed E-state index contributed by atoms with van der Waals surface area (Å²) in [4.78, 5) is 12.8. The van der Waals surface area contributed by atoms with Crippen molar-refractivity contribution in [3.8, 4) is 28.9 Å². The second-order valence-electron chi connectivity index (χ2n) is 8.26. The SMILES string of the molecule is Cn1nc(-c2cncnc2)c2c1OC(N)=C(C#N)C2c1ccc(-n2ccnc2C2CC2)cc1. The molecule has 1 saturated carbocycles. The van der Waals surface area contributed by atoms with E-state index in [1.165, 1.54) is 19.2 Å². The van der Waals surface area contributed by atoms with Gasteiger partial charge in [-0.2, -0.15) is 10.4 Å². The molecule has 3 aromatic heterocycles. The number of hydrogen-bond acceptors (Lipinski definition) is 7. The van der Waals surface area contributed by atoms with Crippen molar-refractivity contribution in [3.63, 3.8) is 0 Å². The second kappa shape index (κ2) is 7.31. The van der Waals surface area contributed by atoms with Gasteiger partial charge in [-0.1, -0.05) is 12.1 Å². The van der Waals surface area contributed by atoms with Gasteiger partial charge < -0.3 is 15.0 Å². The average molecular weight is 436 g/mol. The Hall–Kier alpha value is -4.45. The van der Waals surface area contributed by atoms with Gasteiger partial charge in [-0.25, -0.2) is 19.6 Å². The van der Waals surface area contributed by atoms with Crippen molar-refractivity contribution in [1.29, 1.82) is 5.26 Å². The zero-order chi connectivity index (χ0) is 22.5. The van der Waals surface area contributed by atoms with Crippen LogP contribution in [-0.4, -0.2) is 29.3 Å². The zero-order valence-corrected chi connectivity index (χ0v) is 17.9. The molecule has 0 radical (unpaired) electrons. The quantitative estimate of drug-likeness (QED) is 0.522. The van der Waals surface area contributed by atoms with Gasteiger partial charge in [0.25, 0.3) is 0 Å². The molecule has 0 bridgehead atoms. The molecule has 1 unspecified atom stereocenters. The van der Waals surface area contributed by atoms with Gasteiger partial charge in [-0.05, 0) is 30.5 Å². The molecule has 0 spiro atoms. The number of allylic oxidation sites excluding steroid dienone is 1. The minimum atomic E-state index is -0.428. The van der Waals surface area contributed by atoms with Crippen molar-refractivity contribution in [3.05, 3.63) is 83.8 Å². The number of aryl methyl sites for hydroxylation is 1. The lowest BCUT2D eigenvalue weighted by Crippen LogP contribution is -2.21. The Morgan fingerprint density at radius 3 is 2.61 bits per heavy atom. The Labute approximate surface area is 189 Å². The lowest BCUT2D eigenvalue weighted by molar-refractivity contribution is 0.358. The number of ether oxygens (including phenoxy) is 1. The van der Waals surface area contributed by atoms with Crippen LogP contribution in [-0.2, 0) is 7.05 Å². The normalized spacial score (nSPS) is 17.4. The summed E-state index contributed by atoms with van der Waals surface area (Å²) in [5.74, 6) is 1.80. The number of benzene rings is 1. The molecule has 9 nitrogen and oxygen atoms in total. The van der Waals surface area contributed by atoms with Crippen LogP contribution in [0.2, 0.25) is 0 Å². The predicted octanol–water partition coefficient (Wildman–Crippen LogP) is 3.16. The number of nitrogens with zero attached hydrogens (tertiary/aromatic N) is 7. The molecule has 0 saturated heterocycles. The molecule has 162 valence electrons. The summed E-state index contributed by atoms with van der Waals surface area (Å²) in [5, 5.41) is 14.6. The molecular weight excluding hydrogens is 416 g/mol. The Balaban J connectivity index is 1.48. The van der Waals surface area contributed by atoms with Gasteiger partial charge in [0.05, 0.1) is 11.5 Å². The third-order valence-corrected chi connectivity index (χ3v) is 6.15. The highest BCUT2D eigenvalue weighted by atomic mass is 16.5. The third-order valence-electron chi connectivity index (χ3n) is 6.15. The third kappa shape index (κ3) is 3.07. The summed E-state index contributed by atoms with van der Waals surface area (Å²) in [5.41, 5.74) is 10.6. The van der Waals surface area contributed by atoms with Crippen LogP contribution in [0, 0.1) is 11.3 Å². The molecule has 4 heterocycles. The zero-order valence-electron chi connectivity index (χ0n) is 17.9. The Morgan fingerprint density at radius 2 is 1.91 bits per heavy atom. The highest BCUT2D eigenvalue weighted by Crippen LogP contribution is 2.46. The molecule has 4 aromatic rings. The molecule has 6 rings (SSSR count). The monoisotopic (exact) mass is 436 g/mol. The van der Waals surface area contributed by atoms with E-state index in [4.69, 9.17) is 10.5 Å². The van der Waals surface area contributed by atoms with Gasteiger partial charge in [-0.15, -0.1) is 0 Å². The molecule has 33 heavy (non-hydrogen) atoms. The number of fused-ring (bicyclic) bond motifs is 1. The van der Waals surface area contributed by atoms with E-state index in [1.807, 2.05) is 36.7 Å². The van der Waals surface area contributed by atoms with Gasteiger partial charge in [-0.3, -0.25) is 0 Å². The fraction of sp³-hybridized carbons (Fsp3) is 0.208. The molecule has 1 aromatic carbocycles. The summed E-state index contributed by atoms with van der Waals surface area (Å²) in [6.45, 7) is 0. The Morgan fingerprint density at radius 1 is 1.15 bits per heavy atom. The van der Waals surface area contributed by atoms with E-state index in [-0.39, 0.29) is 5.88 Å². The fourth-order valence-corrected chi connectivity index (χ4v) is 4.44. The number of hydrogen-bond donors (Lipinski definition) is 1. The molecule has 2 aliphatic rings. The molecule has 1 aliphatic carbocycles. The van der Waals surface area contributed by atoms with Gasteiger partial charge in [0.1, 0.15) is 29.5 Å². The molecule has 1 aliphatic heterocycles. The maximum absolute atomic E-state index is 9.96. The molecule has 2 N–H and O–H groups in total. The first-order chi connectivity index (χ1) is 16.2.